The van der Waals surface area contributed by atoms with Gasteiger partial charge in [-0.3, -0.25) is 4.79 Å². The van der Waals surface area contributed by atoms with Crippen LogP contribution in [0.2, 0.25) is 0 Å². The van der Waals surface area contributed by atoms with Crippen LogP contribution < -0.4 is 5.32 Å². The molecule has 0 spiro atoms. The van der Waals surface area contributed by atoms with Crippen molar-refractivity contribution in [3.8, 4) is 0 Å². The van der Waals surface area contributed by atoms with Crippen LogP contribution in [0.25, 0.3) is 0 Å². The van der Waals surface area contributed by atoms with Crippen LogP contribution in [0.5, 0.6) is 0 Å². The lowest BCUT2D eigenvalue weighted by atomic mass is 9.49. The zero-order chi connectivity index (χ0) is 21.7. The van der Waals surface area contributed by atoms with E-state index in [1.54, 1.807) is 6.33 Å². The van der Waals surface area contributed by atoms with E-state index in [0.717, 1.165) is 60.8 Å². The van der Waals surface area contributed by atoms with Gasteiger partial charge in [0.15, 0.2) is 0 Å². The number of nitrogens with one attached hydrogen (secondary N) is 1. The quantitative estimate of drug-likeness (QED) is 0.736. The Balaban J connectivity index is 1.15. The van der Waals surface area contributed by atoms with E-state index in [1.165, 1.54) is 49.7 Å². The van der Waals surface area contributed by atoms with Gasteiger partial charge in [0, 0.05) is 24.2 Å². The van der Waals surface area contributed by atoms with E-state index in [0.29, 0.717) is 12.0 Å². The molecular weight excluding hydrogens is 396 g/mol. The van der Waals surface area contributed by atoms with Gasteiger partial charge in [0.2, 0.25) is 0 Å². The topological polar surface area (TPSA) is 58.1 Å². The molecule has 4 saturated carbocycles. The Bertz CT molecular complexity index is 980. The molecule has 5 aliphatic rings. The van der Waals surface area contributed by atoms with E-state index < -0.39 is 0 Å². The van der Waals surface area contributed by atoms with Crippen molar-refractivity contribution < 1.29 is 4.79 Å². The van der Waals surface area contributed by atoms with Crippen LogP contribution >= 0.6 is 0 Å². The molecule has 1 N–H and O–H groups in total. The number of amides is 1. The lowest BCUT2D eigenvalue weighted by Gasteiger charge is -2.57. The van der Waals surface area contributed by atoms with Crippen LogP contribution in [0.1, 0.15) is 72.6 Å². The number of hydrogen-bond acceptors (Lipinski definition) is 4. The molecule has 0 atom stereocenters. The monoisotopic (exact) mass is 430 g/mol. The Labute approximate surface area is 191 Å². The normalized spacial score (nSPS) is 30.3. The molecule has 32 heavy (non-hydrogen) atoms. The molecule has 0 unspecified atom stereocenters. The average Bonchev–Trinajstić information content (AvgIpc) is 2.81. The van der Waals surface area contributed by atoms with E-state index in [9.17, 15) is 4.79 Å². The number of carbonyl (C=O) groups excluding carboxylic acids is 1. The first-order valence-electron chi connectivity index (χ1n) is 12.6. The highest BCUT2D eigenvalue weighted by Crippen LogP contribution is 2.59. The summed E-state index contributed by atoms with van der Waals surface area (Å²) in [7, 11) is 0. The molecule has 0 saturated heterocycles. The van der Waals surface area contributed by atoms with Crippen molar-refractivity contribution in [3.05, 3.63) is 53.0 Å². The third kappa shape index (κ3) is 3.60. The minimum Gasteiger partial charge on any atom is -0.369 e. The minimum absolute atomic E-state index is 0.0972. The van der Waals surface area contributed by atoms with Gasteiger partial charge in [-0.05, 0) is 92.2 Å². The van der Waals surface area contributed by atoms with Gasteiger partial charge in [-0.2, -0.15) is 0 Å². The van der Waals surface area contributed by atoms with Crippen molar-refractivity contribution in [2.24, 2.45) is 23.2 Å². The zero-order valence-corrected chi connectivity index (χ0v) is 19.1. The van der Waals surface area contributed by atoms with Gasteiger partial charge in [-0.15, -0.1) is 0 Å². The van der Waals surface area contributed by atoms with Crippen LogP contribution in [-0.2, 0) is 19.4 Å². The second kappa shape index (κ2) is 7.86. The van der Waals surface area contributed by atoms with Gasteiger partial charge < -0.3 is 10.2 Å². The maximum atomic E-state index is 13.0. The molecule has 1 aromatic heterocycles. The Morgan fingerprint density at radius 3 is 2.41 bits per heavy atom. The molecule has 4 fully saturated rings. The Hall–Kier alpha value is -2.43. The standard InChI is InChI=1S/C27H34N4O/c1-2-18-3-5-22(6-4-18)26(32)31-8-7-23-24(15-31)29-17-30-25(23)28-16-27-12-19-9-20(13-27)11-21(10-19)14-27/h3-6,17,19-21H,2,7-16H2,1H3,(H,28,29,30). The molecule has 0 radical (unpaired) electrons. The van der Waals surface area contributed by atoms with E-state index >= 15 is 0 Å². The number of aromatic nitrogens is 2. The van der Waals surface area contributed by atoms with Crippen molar-refractivity contribution in [3.63, 3.8) is 0 Å². The van der Waals surface area contributed by atoms with Crippen LogP contribution in [-0.4, -0.2) is 33.9 Å². The van der Waals surface area contributed by atoms with Crippen molar-refractivity contribution in [2.45, 2.75) is 64.8 Å². The van der Waals surface area contributed by atoms with Gasteiger partial charge in [-0.25, -0.2) is 9.97 Å². The summed E-state index contributed by atoms with van der Waals surface area (Å²) in [5, 5.41) is 3.76. The average molecular weight is 431 g/mol. The molecule has 7 rings (SSSR count). The van der Waals surface area contributed by atoms with Gasteiger partial charge >= 0.3 is 0 Å². The molecule has 1 amide bonds. The number of benzene rings is 1. The summed E-state index contributed by atoms with van der Waals surface area (Å²) in [4.78, 5) is 24.2. The fourth-order valence-corrected chi connectivity index (χ4v) is 7.52. The number of aryl methyl sites for hydroxylation is 1. The highest BCUT2D eigenvalue weighted by molar-refractivity contribution is 5.94. The summed E-state index contributed by atoms with van der Waals surface area (Å²) in [6.07, 6.45) is 12.1. The third-order valence-corrected chi connectivity index (χ3v) is 8.70. The Morgan fingerprint density at radius 1 is 1.06 bits per heavy atom. The highest BCUT2D eigenvalue weighted by Gasteiger charge is 2.50. The fourth-order valence-electron chi connectivity index (χ4n) is 7.52. The molecule has 4 aliphatic carbocycles. The predicted octanol–water partition coefficient (Wildman–Crippen LogP) is 4.87. The number of rotatable bonds is 5. The summed E-state index contributed by atoms with van der Waals surface area (Å²) in [5.41, 5.74) is 4.71. The summed E-state index contributed by atoms with van der Waals surface area (Å²) in [6, 6.07) is 8.02. The molecule has 4 bridgehead atoms. The van der Waals surface area contributed by atoms with Crippen LogP contribution in [0.4, 0.5) is 5.82 Å². The number of anilines is 1. The summed E-state index contributed by atoms with van der Waals surface area (Å²) in [5.74, 6) is 4.00. The summed E-state index contributed by atoms with van der Waals surface area (Å²) < 4.78 is 0. The molecule has 1 aromatic carbocycles. The van der Waals surface area contributed by atoms with Gasteiger partial charge in [0.05, 0.1) is 12.2 Å². The Morgan fingerprint density at radius 2 is 1.75 bits per heavy atom. The van der Waals surface area contributed by atoms with Crippen LogP contribution in [0, 0.1) is 23.2 Å². The van der Waals surface area contributed by atoms with Gasteiger partial charge in [0.25, 0.3) is 5.91 Å². The lowest BCUT2D eigenvalue weighted by Crippen LogP contribution is -2.49. The second-order valence-corrected chi connectivity index (χ2v) is 10.9. The molecule has 5 heteroatoms. The predicted molar refractivity (Wildman–Crippen MR) is 125 cm³/mol. The molecule has 168 valence electrons. The lowest BCUT2D eigenvalue weighted by molar-refractivity contribution is -0.0444. The molecule has 2 heterocycles. The summed E-state index contributed by atoms with van der Waals surface area (Å²) in [6.45, 7) is 4.47. The molecule has 1 aliphatic heterocycles. The Kier molecular flexibility index (Phi) is 4.96. The van der Waals surface area contributed by atoms with E-state index in [4.69, 9.17) is 0 Å². The maximum Gasteiger partial charge on any atom is 0.254 e. The van der Waals surface area contributed by atoms with Crippen LogP contribution in [0.15, 0.2) is 30.6 Å². The number of fused-ring (bicyclic) bond motifs is 1. The first-order chi connectivity index (χ1) is 15.6. The second-order valence-electron chi connectivity index (χ2n) is 10.9. The largest absolute Gasteiger partial charge is 0.369 e. The van der Waals surface area contributed by atoms with Crippen molar-refractivity contribution >= 4 is 11.7 Å². The number of hydrogen-bond donors (Lipinski definition) is 1. The van der Waals surface area contributed by atoms with Crippen LogP contribution in [0.3, 0.4) is 0 Å². The van der Waals surface area contributed by atoms with E-state index in [1.807, 2.05) is 17.0 Å². The SMILES string of the molecule is CCc1ccc(C(=O)N2CCc3c(ncnc3NCC34CC5CC(CC(C5)C3)C4)C2)cc1. The van der Waals surface area contributed by atoms with Gasteiger partial charge in [-0.1, -0.05) is 19.1 Å². The third-order valence-electron chi connectivity index (χ3n) is 8.70. The maximum absolute atomic E-state index is 13.0. The van der Waals surface area contributed by atoms with Gasteiger partial charge in [0.1, 0.15) is 12.1 Å². The minimum atomic E-state index is 0.0972. The van der Waals surface area contributed by atoms with E-state index in [-0.39, 0.29) is 5.91 Å². The molecule has 2 aromatic rings. The highest BCUT2D eigenvalue weighted by atomic mass is 16.2. The van der Waals surface area contributed by atoms with Crippen molar-refractivity contribution in [2.75, 3.05) is 18.4 Å². The number of carbonyl (C=O) groups is 1. The number of nitrogens with zero attached hydrogens (tertiary/aromatic N) is 3. The first-order valence-corrected chi connectivity index (χ1v) is 12.6. The summed E-state index contributed by atoms with van der Waals surface area (Å²) >= 11 is 0. The fraction of sp³-hybridized carbons (Fsp3) is 0.593. The smallest absolute Gasteiger partial charge is 0.254 e. The van der Waals surface area contributed by atoms with Crippen molar-refractivity contribution in [1.82, 2.24) is 14.9 Å². The van der Waals surface area contributed by atoms with E-state index in [2.05, 4.69) is 34.3 Å². The molecular formula is C27H34N4O. The molecule has 5 nitrogen and oxygen atoms in total. The van der Waals surface area contributed by atoms with Crippen molar-refractivity contribution in [1.29, 1.82) is 0 Å². The zero-order valence-electron chi connectivity index (χ0n) is 19.1. The first kappa shape index (κ1) is 20.2.